The van der Waals surface area contributed by atoms with Gasteiger partial charge in [-0.2, -0.15) is 0 Å². The number of hydrogen-bond acceptors (Lipinski definition) is 3. The molecule has 0 aromatic carbocycles. The van der Waals surface area contributed by atoms with Gasteiger partial charge < -0.3 is 5.32 Å². The molecule has 0 aliphatic heterocycles. The normalized spacial score (nSPS) is 13.1. The second-order valence-electron chi connectivity index (χ2n) is 4.32. The van der Waals surface area contributed by atoms with Crippen molar-refractivity contribution in [2.45, 2.75) is 39.4 Å². The van der Waals surface area contributed by atoms with E-state index in [2.05, 4.69) is 54.3 Å². The van der Waals surface area contributed by atoms with Gasteiger partial charge in [-0.05, 0) is 39.6 Å². The fourth-order valence-electron chi connectivity index (χ4n) is 1.62. The average Bonchev–Trinajstić information content (AvgIpc) is 2.29. The van der Waals surface area contributed by atoms with Gasteiger partial charge in [0.2, 0.25) is 0 Å². The van der Waals surface area contributed by atoms with Gasteiger partial charge in [-0.25, -0.2) is 0 Å². The van der Waals surface area contributed by atoms with Gasteiger partial charge in [0.15, 0.2) is 0 Å². The highest BCUT2D eigenvalue weighted by atomic mass is 15.1. The van der Waals surface area contributed by atoms with Crippen LogP contribution in [0.2, 0.25) is 0 Å². The molecule has 1 heterocycles. The molecule has 0 radical (unpaired) electrons. The molecule has 1 aromatic heterocycles. The first kappa shape index (κ1) is 13.1. The van der Waals surface area contributed by atoms with Gasteiger partial charge >= 0.3 is 0 Å². The molecule has 0 fully saturated rings. The Balaban J connectivity index is 2.62. The lowest BCUT2D eigenvalue weighted by atomic mass is 10.2. The first-order valence-corrected chi connectivity index (χ1v) is 5.97. The van der Waals surface area contributed by atoms with E-state index in [-0.39, 0.29) is 0 Å². The molecular formula is C13H23N3. The van der Waals surface area contributed by atoms with E-state index in [1.54, 1.807) is 0 Å². The van der Waals surface area contributed by atoms with Gasteiger partial charge in [-0.3, -0.25) is 9.88 Å². The van der Waals surface area contributed by atoms with Crippen molar-refractivity contribution in [1.29, 1.82) is 0 Å². The van der Waals surface area contributed by atoms with Crippen LogP contribution in [-0.4, -0.2) is 30.0 Å². The monoisotopic (exact) mass is 221 g/mol. The summed E-state index contributed by atoms with van der Waals surface area (Å²) in [7, 11) is 4.10. The molecule has 0 aliphatic rings. The summed E-state index contributed by atoms with van der Waals surface area (Å²) in [6, 6.07) is 6.84. The maximum atomic E-state index is 4.61. The maximum absolute atomic E-state index is 4.61. The molecule has 0 amide bonds. The van der Waals surface area contributed by atoms with Gasteiger partial charge in [-0.1, -0.05) is 13.0 Å². The van der Waals surface area contributed by atoms with Gasteiger partial charge in [0.25, 0.3) is 0 Å². The molecule has 1 rings (SSSR count). The molecular weight excluding hydrogens is 198 g/mol. The third kappa shape index (κ3) is 3.91. The zero-order valence-electron chi connectivity index (χ0n) is 10.8. The number of aromatic nitrogens is 1. The summed E-state index contributed by atoms with van der Waals surface area (Å²) in [5.74, 6) is 0. The minimum absolute atomic E-state index is 0.606. The Morgan fingerprint density at radius 2 is 2.06 bits per heavy atom. The highest BCUT2D eigenvalue weighted by molar-refractivity contribution is 5.11. The standard InChI is InChI=1S/C13H23N3/c1-5-11(2)16(4)10-13-8-6-7-12(15-13)9-14-3/h6-8,11,14H,5,9-10H2,1-4H3. The van der Waals surface area contributed by atoms with Crippen LogP contribution in [-0.2, 0) is 13.1 Å². The van der Waals surface area contributed by atoms with Crippen LogP contribution in [0.25, 0.3) is 0 Å². The minimum atomic E-state index is 0.606. The van der Waals surface area contributed by atoms with E-state index in [1.165, 1.54) is 6.42 Å². The third-order valence-corrected chi connectivity index (χ3v) is 2.98. The van der Waals surface area contributed by atoms with Crippen LogP contribution in [0.1, 0.15) is 31.7 Å². The third-order valence-electron chi connectivity index (χ3n) is 2.98. The maximum Gasteiger partial charge on any atom is 0.0547 e. The lowest BCUT2D eigenvalue weighted by molar-refractivity contribution is 0.241. The Morgan fingerprint density at radius 3 is 2.69 bits per heavy atom. The Morgan fingerprint density at radius 1 is 1.38 bits per heavy atom. The number of nitrogens with zero attached hydrogens (tertiary/aromatic N) is 2. The molecule has 0 spiro atoms. The van der Waals surface area contributed by atoms with Crippen molar-refractivity contribution in [3.05, 3.63) is 29.6 Å². The number of hydrogen-bond donors (Lipinski definition) is 1. The molecule has 0 bridgehead atoms. The Labute approximate surface area is 98.9 Å². The molecule has 16 heavy (non-hydrogen) atoms. The van der Waals surface area contributed by atoms with Gasteiger partial charge in [0.05, 0.1) is 11.4 Å². The van der Waals surface area contributed by atoms with Crippen molar-refractivity contribution in [2.24, 2.45) is 0 Å². The van der Waals surface area contributed by atoms with Crippen molar-refractivity contribution >= 4 is 0 Å². The first-order valence-electron chi connectivity index (χ1n) is 5.97. The lowest BCUT2D eigenvalue weighted by Crippen LogP contribution is -2.28. The number of rotatable bonds is 6. The Kier molecular flexibility index (Phi) is 5.43. The zero-order valence-corrected chi connectivity index (χ0v) is 10.8. The summed E-state index contributed by atoms with van der Waals surface area (Å²) < 4.78 is 0. The SMILES string of the molecule is CCC(C)N(C)Cc1cccc(CNC)n1. The van der Waals surface area contributed by atoms with E-state index >= 15 is 0 Å². The van der Waals surface area contributed by atoms with Crippen molar-refractivity contribution in [2.75, 3.05) is 14.1 Å². The zero-order chi connectivity index (χ0) is 12.0. The van der Waals surface area contributed by atoms with E-state index in [1.807, 2.05) is 7.05 Å². The van der Waals surface area contributed by atoms with Gasteiger partial charge in [-0.15, -0.1) is 0 Å². The fourth-order valence-corrected chi connectivity index (χ4v) is 1.62. The molecule has 1 N–H and O–H groups in total. The van der Waals surface area contributed by atoms with E-state index in [4.69, 9.17) is 0 Å². The minimum Gasteiger partial charge on any atom is -0.314 e. The lowest BCUT2D eigenvalue weighted by Gasteiger charge is -2.23. The fraction of sp³-hybridized carbons (Fsp3) is 0.615. The highest BCUT2D eigenvalue weighted by Crippen LogP contribution is 2.07. The smallest absolute Gasteiger partial charge is 0.0547 e. The van der Waals surface area contributed by atoms with Crippen LogP contribution in [0, 0.1) is 0 Å². The van der Waals surface area contributed by atoms with E-state index < -0.39 is 0 Å². The molecule has 90 valence electrons. The van der Waals surface area contributed by atoms with Crippen LogP contribution < -0.4 is 5.32 Å². The highest BCUT2D eigenvalue weighted by Gasteiger charge is 2.08. The predicted octanol–water partition coefficient (Wildman–Crippen LogP) is 2.03. The number of nitrogens with one attached hydrogen (secondary N) is 1. The van der Waals surface area contributed by atoms with E-state index in [0.717, 1.165) is 24.5 Å². The number of pyridine rings is 1. The van der Waals surface area contributed by atoms with Gasteiger partial charge in [0.1, 0.15) is 0 Å². The average molecular weight is 221 g/mol. The summed E-state index contributed by atoms with van der Waals surface area (Å²) in [4.78, 5) is 6.95. The molecule has 0 aliphatic carbocycles. The van der Waals surface area contributed by atoms with Crippen molar-refractivity contribution in [3.63, 3.8) is 0 Å². The quantitative estimate of drug-likeness (QED) is 0.796. The molecule has 1 atom stereocenters. The Bertz CT molecular complexity index is 312. The predicted molar refractivity (Wildman–Crippen MR) is 68.2 cm³/mol. The topological polar surface area (TPSA) is 28.2 Å². The summed E-state index contributed by atoms with van der Waals surface area (Å²) in [5, 5.41) is 3.12. The second-order valence-corrected chi connectivity index (χ2v) is 4.32. The van der Waals surface area contributed by atoms with Crippen LogP contribution in [0.15, 0.2) is 18.2 Å². The van der Waals surface area contributed by atoms with Crippen molar-refractivity contribution in [1.82, 2.24) is 15.2 Å². The van der Waals surface area contributed by atoms with Crippen molar-refractivity contribution < 1.29 is 0 Å². The molecule has 0 saturated heterocycles. The molecule has 1 unspecified atom stereocenters. The summed E-state index contributed by atoms with van der Waals surface area (Å²) in [6.07, 6.45) is 1.17. The Hall–Kier alpha value is -0.930. The van der Waals surface area contributed by atoms with Crippen molar-refractivity contribution in [3.8, 4) is 0 Å². The molecule has 3 nitrogen and oxygen atoms in total. The van der Waals surface area contributed by atoms with Gasteiger partial charge in [0, 0.05) is 19.1 Å². The summed E-state index contributed by atoms with van der Waals surface area (Å²) in [6.45, 7) is 6.22. The van der Waals surface area contributed by atoms with Crippen LogP contribution in [0.4, 0.5) is 0 Å². The van der Waals surface area contributed by atoms with Crippen LogP contribution in [0.3, 0.4) is 0 Å². The largest absolute Gasteiger partial charge is 0.314 e. The summed E-state index contributed by atoms with van der Waals surface area (Å²) >= 11 is 0. The van der Waals surface area contributed by atoms with E-state index in [0.29, 0.717) is 6.04 Å². The van der Waals surface area contributed by atoms with Crippen LogP contribution >= 0.6 is 0 Å². The molecule has 1 aromatic rings. The summed E-state index contributed by atoms with van der Waals surface area (Å²) in [5.41, 5.74) is 2.26. The second kappa shape index (κ2) is 6.61. The molecule has 0 saturated carbocycles. The van der Waals surface area contributed by atoms with Crippen LogP contribution in [0.5, 0.6) is 0 Å². The first-order chi connectivity index (χ1) is 7.67. The molecule has 3 heteroatoms. The van der Waals surface area contributed by atoms with E-state index in [9.17, 15) is 0 Å².